The maximum atomic E-state index is 12.7. The Morgan fingerprint density at radius 3 is 2.66 bits per heavy atom. The smallest absolute Gasteiger partial charge is 0.243 e. The van der Waals surface area contributed by atoms with Crippen molar-refractivity contribution in [1.82, 2.24) is 18.9 Å². The highest BCUT2D eigenvalue weighted by Crippen LogP contribution is 2.24. The molecule has 3 aromatic rings. The number of aromatic nitrogens is 3. The fraction of sp³-hybridized carbons (Fsp3) is 0.316. The summed E-state index contributed by atoms with van der Waals surface area (Å²) < 4.78 is 28.7. The number of carbonyl (C=O) groups excluding carboxylic acids is 1. The van der Waals surface area contributed by atoms with Gasteiger partial charge in [0.2, 0.25) is 15.9 Å². The SMILES string of the molecule is CCN(CC)S(=O)(=O)c1ccc(C)c(NC(=O)CSc2nnc3ccccn23)c1. The Bertz CT molecular complexity index is 1120. The van der Waals surface area contributed by atoms with Gasteiger partial charge in [0, 0.05) is 25.0 Å². The average molecular weight is 434 g/mol. The minimum absolute atomic E-state index is 0.127. The monoisotopic (exact) mass is 433 g/mol. The normalized spacial score (nSPS) is 11.9. The lowest BCUT2D eigenvalue weighted by Crippen LogP contribution is -2.30. The summed E-state index contributed by atoms with van der Waals surface area (Å²) in [5.41, 5.74) is 1.98. The summed E-state index contributed by atoms with van der Waals surface area (Å²) in [4.78, 5) is 12.6. The average Bonchev–Trinajstić information content (AvgIpc) is 3.12. The topological polar surface area (TPSA) is 96.7 Å². The van der Waals surface area contributed by atoms with Gasteiger partial charge in [-0.1, -0.05) is 37.7 Å². The highest BCUT2D eigenvalue weighted by molar-refractivity contribution is 7.99. The molecule has 2 heterocycles. The van der Waals surface area contributed by atoms with Gasteiger partial charge in [-0.3, -0.25) is 9.20 Å². The molecule has 0 fully saturated rings. The minimum atomic E-state index is -3.59. The van der Waals surface area contributed by atoms with Gasteiger partial charge in [-0.05, 0) is 36.8 Å². The van der Waals surface area contributed by atoms with Crippen molar-refractivity contribution in [2.45, 2.75) is 30.8 Å². The Morgan fingerprint density at radius 1 is 1.17 bits per heavy atom. The summed E-state index contributed by atoms with van der Waals surface area (Å²) in [6.45, 7) is 6.18. The molecule has 29 heavy (non-hydrogen) atoms. The first-order valence-electron chi connectivity index (χ1n) is 9.20. The van der Waals surface area contributed by atoms with E-state index in [1.54, 1.807) is 30.4 Å². The summed E-state index contributed by atoms with van der Waals surface area (Å²) in [5, 5.41) is 11.6. The van der Waals surface area contributed by atoms with Gasteiger partial charge in [0.1, 0.15) is 0 Å². The molecule has 1 amide bonds. The van der Waals surface area contributed by atoms with Gasteiger partial charge in [0.15, 0.2) is 10.8 Å². The fourth-order valence-electron chi connectivity index (χ4n) is 2.84. The van der Waals surface area contributed by atoms with E-state index in [1.807, 2.05) is 31.3 Å². The number of hydrogen-bond acceptors (Lipinski definition) is 6. The number of sulfonamides is 1. The van der Waals surface area contributed by atoms with E-state index in [0.717, 1.165) is 5.56 Å². The minimum Gasteiger partial charge on any atom is -0.325 e. The van der Waals surface area contributed by atoms with Crippen molar-refractivity contribution in [2.24, 2.45) is 0 Å². The van der Waals surface area contributed by atoms with Crippen LogP contribution in [0.25, 0.3) is 5.65 Å². The first-order chi connectivity index (χ1) is 13.9. The number of aryl methyl sites for hydroxylation is 1. The molecule has 0 aliphatic heterocycles. The van der Waals surface area contributed by atoms with Gasteiger partial charge in [-0.15, -0.1) is 10.2 Å². The lowest BCUT2D eigenvalue weighted by Gasteiger charge is -2.19. The van der Waals surface area contributed by atoms with E-state index in [4.69, 9.17) is 0 Å². The highest BCUT2D eigenvalue weighted by Gasteiger charge is 2.22. The molecule has 0 saturated carbocycles. The van der Waals surface area contributed by atoms with Crippen LogP contribution in [0.1, 0.15) is 19.4 Å². The Kier molecular flexibility index (Phi) is 6.56. The van der Waals surface area contributed by atoms with Crippen LogP contribution in [-0.2, 0) is 14.8 Å². The maximum Gasteiger partial charge on any atom is 0.243 e. The summed E-state index contributed by atoms with van der Waals surface area (Å²) in [6, 6.07) is 10.3. The van der Waals surface area contributed by atoms with E-state index >= 15 is 0 Å². The van der Waals surface area contributed by atoms with Gasteiger partial charge in [-0.25, -0.2) is 8.42 Å². The molecule has 0 spiro atoms. The van der Waals surface area contributed by atoms with Gasteiger partial charge < -0.3 is 5.32 Å². The number of anilines is 1. The molecule has 3 rings (SSSR count). The number of benzene rings is 1. The van der Waals surface area contributed by atoms with E-state index in [2.05, 4.69) is 15.5 Å². The lowest BCUT2D eigenvalue weighted by atomic mass is 10.2. The zero-order chi connectivity index (χ0) is 21.0. The molecule has 0 aliphatic rings. The molecule has 0 radical (unpaired) electrons. The second-order valence-electron chi connectivity index (χ2n) is 6.31. The number of amides is 1. The van der Waals surface area contributed by atoms with E-state index in [0.29, 0.717) is 29.6 Å². The second kappa shape index (κ2) is 8.93. The predicted octanol–water partition coefficient (Wildman–Crippen LogP) is 2.80. The van der Waals surface area contributed by atoms with E-state index in [1.165, 1.54) is 22.1 Å². The number of rotatable bonds is 8. The van der Waals surface area contributed by atoms with Crippen molar-refractivity contribution in [3.05, 3.63) is 48.2 Å². The number of thioether (sulfide) groups is 1. The predicted molar refractivity (Wildman–Crippen MR) is 114 cm³/mol. The van der Waals surface area contributed by atoms with Crippen molar-refractivity contribution in [2.75, 3.05) is 24.2 Å². The molecule has 0 saturated heterocycles. The van der Waals surface area contributed by atoms with Crippen LogP contribution in [0, 0.1) is 6.92 Å². The molecule has 0 aliphatic carbocycles. The zero-order valence-corrected chi connectivity index (χ0v) is 18.1. The van der Waals surface area contributed by atoms with Crippen molar-refractivity contribution in [1.29, 1.82) is 0 Å². The first kappa shape index (κ1) is 21.3. The van der Waals surface area contributed by atoms with E-state index in [9.17, 15) is 13.2 Å². The summed E-state index contributed by atoms with van der Waals surface area (Å²) in [5.74, 6) is -0.120. The number of nitrogens with one attached hydrogen (secondary N) is 1. The van der Waals surface area contributed by atoms with Gasteiger partial charge in [-0.2, -0.15) is 4.31 Å². The van der Waals surface area contributed by atoms with Gasteiger partial charge in [0.05, 0.1) is 10.6 Å². The van der Waals surface area contributed by atoms with Crippen molar-refractivity contribution >= 4 is 39.0 Å². The third-order valence-corrected chi connectivity index (χ3v) is 7.43. The summed E-state index contributed by atoms with van der Waals surface area (Å²) in [7, 11) is -3.59. The Balaban J connectivity index is 1.73. The maximum absolute atomic E-state index is 12.7. The molecule has 1 N–H and O–H groups in total. The highest BCUT2D eigenvalue weighted by atomic mass is 32.2. The zero-order valence-electron chi connectivity index (χ0n) is 16.5. The third kappa shape index (κ3) is 4.60. The van der Waals surface area contributed by atoms with Crippen LogP contribution in [0.4, 0.5) is 5.69 Å². The molecular weight excluding hydrogens is 410 g/mol. The Hall–Kier alpha value is -2.43. The number of nitrogens with zero attached hydrogens (tertiary/aromatic N) is 4. The summed E-state index contributed by atoms with van der Waals surface area (Å²) in [6.07, 6.45) is 1.83. The molecule has 0 unspecified atom stereocenters. The van der Waals surface area contributed by atoms with Crippen LogP contribution in [0.2, 0.25) is 0 Å². The number of pyridine rings is 1. The van der Waals surface area contributed by atoms with Gasteiger partial charge in [0.25, 0.3) is 0 Å². The fourth-order valence-corrected chi connectivity index (χ4v) is 5.05. The number of hydrogen-bond donors (Lipinski definition) is 1. The lowest BCUT2D eigenvalue weighted by molar-refractivity contribution is -0.113. The van der Waals surface area contributed by atoms with Crippen LogP contribution in [0.5, 0.6) is 0 Å². The Labute approximate surface area is 174 Å². The van der Waals surface area contributed by atoms with Gasteiger partial charge >= 0.3 is 0 Å². The number of fused-ring (bicyclic) bond motifs is 1. The first-order valence-corrected chi connectivity index (χ1v) is 11.6. The van der Waals surface area contributed by atoms with Crippen LogP contribution in [-0.4, -0.2) is 52.1 Å². The third-order valence-electron chi connectivity index (χ3n) is 4.44. The molecule has 2 aromatic heterocycles. The molecule has 0 bridgehead atoms. The van der Waals surface area contributed by atoms with Crippen molar-refractivity contribution in [3.8, 4) is 0 Å². The standard InChI is InChI=1S/C19H23N5O3S2/c1-4-23(5-2)29(26,27)15-10-9-14(3)16(12-15)20-18(25)13-28-19-22-21-17-8-6-7-11-24(17)19/h6-12H,4-5,13H2,1-3H3,(H,20,25). The molecule has 1 aromatic carbocycles. The van der Waals surface area contributed by atoms with Crippen LogP contribution in [0.3, 0.4) is 0 Å². The molecule has 154 valence electrons. The quantitative estimate of drug-likeness (QED) is 0.549. The summed E-state index contributed by atoms with van der Waals surface area (Å²) >= 11 is 1.26. The Morgan fingerprint density at radius 2 is 1.93 bits per heavy atom. The molecule has 10 heteroatoms. The molecule has 0 atom stereocenters. The van der Waals surface area contributed by atoms with E-state index < -0.39 is 10.0 Å². The number of carbonyl (C=O) groups is 1. The van der Waals surface area contributed by atoms with Crippen molar-refractivity contribution in [3.63, 3.8) is 0 Å². The van der Waals surface area contributed by atoms with Crippen LogP contribution in [0.15, 0.2) is 52.6 Å². The van der Waals surface area contributed by atoms with Crippen LogP contribution < -0.4 is 5.32 Å². The van der Waals surface area contributed by atoms with Crippen molar-refractivity contribution < 1.29 is 13.2 Å². The molecular formula is C19H23N5O3S2. The second-order valence-corrected chi connectivity index (χ2v) is 9.19. The van der Waals surface area contributed by atoms with Crippen LogP contribution >= 0.6 is 11.8 Å². The largest absolute Gasteiger partial charge is 0.325 e. The van der Waals surface area contributed by atoms with E-state index in [-0.39, 0.29) is 16.6 Å². The molecule has 8 nitrogen and oxygen atoms in total.